The second-order valence-corrected chi connectivity index (χ2v) is 7.28. The molecule has 0 bridgehead atoms. The molecule has 1 saturated heterocycles. The van der Waals surface area contributed by atoms with Crippen LogP contribution in [0.5, 0.6) is 0 Å². The Morgan fingerprint density at radius 3 is 2.38 bits per heavy atom. The molecule has 3 nitrogen and oxygen atoms in total. The largest absolute Gasteiger partial charge is 0.330 e. The first-order valence-electron chi connectivity index (χ1n) is 8.17. The van der Waals surface area contributed by atoms with Crippen LogP contribution in [0.2, 0.25) is 0 Å². The van der Waals surface area contributed by atoms with Gasteiger partial charge in [0.25, 0.3) is 0 Å². The molecule has 1 aliphatic rings. The third-order valence-electron chi connectivity index (χ3n) is 4.66. The number of likely N-dealkylation sites (tertiary alicyclic amines) is 1. The van der Waals surface area contributed by atoms with Gasteiger partial charge in [-0.1, -0.05) is 44.2 Å². The summed E-state index contributed by atoms with van der Waals surface area (Å²) < 4.78 is 0. The summed E-state index contributed by atoms with van der Waals surface area (Å²) in [6.45, 7) is 9.85. The van der Waals surface area contributed by atoms with E-state index in [0.717, 1.165) is 19.6 Å². The number of nitrogens with zero attached hydrogens (tertiary/aromatic N) is 2. The zero-order valence-corrected chi connectivity index (χ0v) is 13.9. The third kappa shape index (κ3) is 5.10. The van der Waals surface area contributed by atoms with Crippen LogP contribution in [0.3, 0.4) is 0 Å². The van der Waals surface area contributed by atoms with Gasteiger partial charge in [-0.25, -0.2) is 0 Å². The van der Waals surface area contributed by atoms with Gasteiger partial charge in [0.2, 0.25) is 0 Å². The summed E-state index contributed by atoms with van der Waals surface area (Å²) in [6.07, 6.45) is 2.54. The fourth-order valence-electron chi connectivity index (χ4n) is 3.23. The number of hydrogen-bond donors (Lipinski definition) is 1. The van der Waals surface area contributed by atoms with Crippen molar-refractivity contribution in [2.75, 3.05) is 33.2 Å². The minimum absolute atomic E-state index is 0.218. The standard InChI is InChI=1S/C18H31N3/c1-18(2,14-19)15-20(3)17-9-11-21(12-10-17)13-16-7-5-4-6-8-16/h4-8,17H,9-15,19H2,1-3H3. The van der Waals surface area contributed by atoms with Crippen LogP contribution in [0.1, 0.15) is 32.3 Å². The minimum atomic E-state index is 0.218. The molecule has 2 N–H and O–H groups in total. The monoisotopic (exact) mass is 289 g/mol. The highest BCUT2D eigenvalue weighted by Crippen LogP contribution is 2.21. The molecule has 118 valence electrons. The molecule has 0 spiro atoms. The lowest BCUT2D eigenvalue weighted by atomic mass is 9.91. The number of rotatable bonds is 6. The molecule has 1 aromatic carbocycles. The molecule has 1 fully saturated rings. The van der Waals surface area contributed by atoms with E-state index in [1.165, 1.54) is 31.5 Å². The highest BCUT2D eigenvalue weighted by molar-refractivity contribution is 5.14. The Balaban J connectivity index is 1.78. The predicted octanol–water partition coefficient (Wildman–Crippen LogP) is 2.57. The maximum absolute atomic E-state index is 5.86. The van der Waals surface area contributed by atoms with Crippen molar-refractivity contribution in [3.63, 3.8) is 0 Å². The number of benzene rings is 1. The van der Waals surface area contributed by atoms with Gasteiger partial charge in [-0.05, 0) is 50.5 Å². The van der Waals surface area contributed by atoms with E-state index < -0.39 is 0 Å². The molecule has 2 rings (SSSR count). The van der Waals surface area contributed by atoms with Crippen LogP contribution in [0.25, 0.3) is 0 Å². The van der Waals surface area contributed by atoms with Crippen LogP contribution >= 0.6 is 0 Å². The predicted molar refractivity (Wildman–Crippen MR) is 90.2 cm³/mol. The summed E-state index contributed by atoms with van der Waals surface area (Å²) in [6, 6.07) is 11.5. The van der Waals surface area contributed by atoms with Crippen molar-refractivity contribution in [1.29, 1.82) is 0 Å². The zero-order chi connectivity index (χ0) is 15.3. The van der Waals surface area contributed by atoms with Crippen molar-refractivity contribution in [2.45, 2.75) is 39.3 Å². The highest BCUT2D eigenvalue weighted by atomic mass is 15.2. The van der Waals surface area contributed by atoms with Crippen LogP contribution < -0.4 is 5.73 Å². The van der Waals surface area contributed by atoms with Crippen LogP contribution in [0.15, 0.2) is 30.3 Å². The summed E-state index contributed by atoms with van der Waals surface area (Å²) >= 11 is 0. The minimum Gasteiger partial charge on any atom is -0.330 e. The average molecular weight is 289 g/mol. The fourth-order valence-corrected chi connectivity index (χ4v) is 3.23. The molecule has 0 saturated carbocycles. The first kappa shape index (κ1) is 16.5. The summed E-state index contributed by atoms with van der Waals surface area (Å²) in [4.78, 5) is 5.10. The average Bonchev–Trinajstić information content (AvgIpc) is 2.48. The van der Waals surface area contributed by atoms with Gasteiger partial charge >= 0.3 is 0 Å². The molecule has 3 heteroatoms. The molecule has 0 radical (unpaired) electrons. The van der Waals surface area contributed by atoms with E-state index in [9.17, 15) is 0 Å². The molecule has 0 amide bonds. The van der Waals surface area contributed by atoms with E-state index in [-0.39, 0.29) is 5.41 Å². The fraction of sp³-hybridized carbons (Fsp3) is 0.667. The second kappa shape index (κ2) is 7.39. The van der Waals surface area contributed by atoms with Gasteiger partial charge in [0.1, 0.15) is 0 Å². The van der Waals surface area contributed by atoms with Crippen LogP contribution in [0.4, 0.5) is 0 Å². The lowest BCUT2D eigenvalue weighted by molar-refractivity contribution is 0.0960. The van der Waals surface area contributed by atoms with Crippen LogP contribution in [0, 0.1) is 5.41 Å². The van der Waals surface area contributed by atoms with E-state index in [1.54, 1.807) is 0 Å². The summed E-state index contributed by atoms with van der Waals surface area (Å²) in [5.41, 5.74) is 7.50. The number of piperidine rings is 1. The van der Waals surface area contributed by atoms with Crippen molar-refractivity contribution in [1.82, 2.24) is 9.80 Å². The van der Waals surface area contributed by atoms with E-state index in [0.29, 0.717) is 6.04 Å². The molecule has 1 aliphatic heterocycles. The summed E-state index contributed by atoms with van der Waals surface area (Å²) in [5.74, 6) is 0. The Hall–Kier alpha value is -0.900. The topological polar surface area (TPSA) is 32.5 Å². The van der Waals surface area contributed by atoms with E-state index in [1.807, 2.05) is 0 Å². The molecule has 0 unspecified atom stereocenters. The molecule has 1 aromatic rings. The quantitative estimate of drug-likeness (QED) is 0.873. The Morgan fingerprint density at radius 1 is 1.19 bits per heavy atom. The van der Waals surface area contributed by atoms with Gasteiger partial charge in [0.05, 0.1) is 0 Å². The molecule has 0 aliphatic carbocycles. The van der Waals surface area contributed by atoms with Gasteiger partial charge in [-0.2, -0.15) is 0 Å². The second-order valence-electron chi connectivity index (χ2n) is 7.28. The van der Waals surface area contributed by atoms with Crippen LogP contribution in [-0.2, 0) is 6.54 Å². The van der Waals surface area contributed by atoms with Crippen molar-refractivity contribution in [2.24, 2.45) is 11.1 Å². The lowest BCUT2D eigenvalue weighted by Crippen LogP contribution is -2.47. The van der Waals surface area contributed by atoms with E-state index in [2.05, 4.69) is 61.0 Å². The van der Waals surface area contributed by atoms with Gasteiger partial charge in [0.15, 0.2) is 0 Å². The first-order valence-corrected chi connectivity index (χ1v) is 8.17. The maximum Gasteiger partial charge on any atom is 0.0233 e. The smallest absolute Gasteiger partial charge is 0.0233 e. The normalized spacial score (nSPS) is 18.3. The van der Waals surface area contributed by atoms with Crippen molar-refractivity contribution in [3.8, 4) is 0 Å². The maximum atomic E-state index is 5.86. The Morgan fingerprint density at radius 2 is 1.81 bits per heavy atom. The van der Waals surface area contributed by atoms with Crippen molar-refractivity contribution >= 4 is 0 Å². The SMILES string of the molecule is CN(CC(C)(C)CN)C1CCN(Cc2ccccc2)CC1. The summed E-state index contributed by atoms with van der Waals surface area (Å²) in [7, 11) is 2.26. The Bertz CT molecular complexity index is 408. The zero-order valence-electron chi connectivity index (χ0n) is 13.9. The van der Waals surface area contributed by atoms with Crippen LogP contribution in [-0.4, -0.2) is 49.1 Å². The van der Waals surface area contributed by atoms with Gasteiger partial charge in [-0.3, -0.25) is 4.90 Å². The van der Waals surface area contributed by atoms with Gasteiger partial charge < -0.3 is 10.6 Å². The third-order valence-corrected chi connectivity index (χ3v) is 4.66. The molecule has 0 aromatic heterocycles. The van der Waals surface area contributed by atoms with E-state index >= 15 is 0 Å². The Kier molecular flexibility index (Phi) is 5.80. The summed E-state index contributed by atoms with van der Waals surface area (Å²) in [5, 5.41) is 0. The molecular formula is C18H31N3. The van der Waals surface area contributed by atoms with Crippen molar-refractivity contribution in [3.05, 3.63) is 35.9 Å². The first-order chi connectivity index (χ1) is 10.00. The molecule has 0 atom stereocenters. The van der Waals surface area contributed by atoms with Gasteiger partial charge in [-0.15, -0.1) is 0 Å². The van der Waals surface area contributed by atoms with Crippen molar-refractivity contribution < 1.29 is 0 Å². The Labute approximate surface area is 130 Å². The lowest BCUT2D eigenvalue weighted by Gasteiger charge is -2.39. The van der Waals surface area contributed by atoms with Gasteiger partial charge in [0, 0.05) is 19.1 Å². The highest BCUT2D eigenvalue weighted by Gasteiger charge is 2.26. The number of hydrogen-bond acceptors (Lipinski definition) is 3. The molecule has 1 heterocycles. The molecular weight excluding hydrogens is 258 g/mol. The van der Waals surface area contributed by atoms with E-state index in [4.69, 9.17) is 5.73 Å². The molecule has 21 heavy (non-hydrogen) atoms. The number of nitrogens with two attached hydrogens (primary N) is 1.